The van der Waals surface area contributed by atoms with Crippen molar-refractivity contribution in [3.8, 4) is 0 Å². The summed E-state index contributed by atoms with van der Waals surface area (Å²) in [4.78, 5) is 17.7. The smallest absolute Gasteiger partial charge is 0.258 e. The fraction of sp³-hybridized carbons (Fsp3) is 0.296. The van der Waals surface area contributed by atoms with Gasteiger partial charge in [-0.3, -0.25) is 9.69 Å². The van der Waals surface area contributed by atoms with Gasteiger partial charge in [0.15, 0.2) is 0 Å². The van der Waals surface area contributed by atoms with Crippen LogP contribution < -0.4 is 4.90 Å². The predicted octanol–water partition coefficient (Wildman–Crippen LogP) is 6.64. The summed E-state index contributed by atoms with van der Waals surface area (Å²) in [6.07, 6.45) is 1.74. The van der Waals surface area contributed by atoms with Crippen molar-refractivity contribution in [2.45, 2.75) is 31.7 Å². The predicted molar refractivity (Wildman–Crippen MR) is 132 cm³/mol. The van der Waals surface area contributed by atoms with Crippen molar-refractivity contribution in [1.29, 1.82) is 0 Å². The number of piperidine rings is 1. The highest BCUT2D eigenvalue weighted by molar-refractivity contribution is 6.35. The molecule has 5 rings (SSSR count). The minimum atomic E-state index is -0.268. The number of hydrogen-bond donors (Lipinski definition) is 0. The first kappa shape index (κ1) is 22.4. The molecule has 0 radical (unpaired) electrons. The molecule has 0 bridgehead atoms. The Hall–Kier alpha value is -2.40. The first-order chi connectivity index (χ1) is 15.8. The topological polar surface area (TPSA) is 23.6 Å². The molecule has 0 aliphatic carbocycles. The first-order valence-electron chi connectivity index (χ1n) is 11.2. The number of hydrogen-bond acceptors (Lipinski definition) is 2. The van der Waals surface area contributed by atoms with Crippen molar-refractivity contribution >= 4 is 34.8 Å². The Balaban J connectivity index is 1.39. The fourth-order valence-corrected chi connectivity index (χ4v) is 5.70. The molecule has 2 heterocycles. The largest absolute Gasteiger partial charge is 0.307 e. The third-order valence-corrected chi connectivity index (χ3v) is 7.41. The molecule has 2 aliphatic rings. The Morgan fingerprint density at radius 3 is 2.30 bits per heavy atom. The fourth-order valence-electron chi connectivity index (χ4n) is 5.17. The van der Waals surface area contributed by atoms with Gasteiger partial charge in [-0.1, -0.05) is 53.0 Å². The molecule has 170 valence electrons. The number of anilines is 1. The maximum atomic E-state index is 14.3. The number of benzene rings is 3. The maximum absolute atomic E-state index is 14.3. The second-order valence-corrected chi connectivity index (χ2v) is 10.1. The number of nitrogens with zero attached hydrogens (tertiary/aromatic N) is 2. The highest BCUT2D eigenvalue weighted by Gasteiger charge is 2.46. The molecular formula is C27H25Cl2FN2O. The average Bonchev–Trinajstić information content (AvgIpc) is 3.09. The zero-order valence-electron chi connectivity index (χ0n) is 18.5. The van der Waals surface area contributed by atoms with Crippen LogP contribution in [0.1, 0.15) is 39.9 Å². The Bertz CT molecular complexity index is 1180. The Morgan fingerprint density at radius 1 is 0.970 bits per heavy atom. The van der Waals surface area contributed by atoms with Crippen molar-refractivity contribution in [3.63, 3.8) is 0 Å². The lowest BCUT2D eigenvalue weighted by molar-refractivity contribution is 0.0975. The number of aryl methyl sites for hydroxylation is 1. The molecule has 0 aromatic heterocycles. The van der Waals surface area contributed by atoms with Crippen LogP contribution in [0.5, 0.6) is 0 Å². The second-order valence-electron chi connectivity index (χ2n) is 9.25. The molecule has 0 N–H and O–H groups in total. The molecular weight excluding hydrogens is 458 g/mol. The molecule has 3 nitrogen and oxygen atoms in total. The van der Waals surface area contributed by atoms with E-state index in [0.29, 0.717) is 22.2 Å². The van der Waals surface area contributed by atoms with Gasteiger partial charge in [-0.25, -0.2) is 4.39 Å². The Labute approximate surface area is 203 Å². The van der Waals surface area contributed by atoms with E-state index in [2.05, 4.69) is 36.1 Å². The van der Waals surface area contributed by atoms with Gasteiger partial charge in [-0.05, 0) is 80.4 Å². The lowest BCUT2D eigenvalue weighted by atomic mass is 9.74. The van der Waals surface area contributed by atoms with Gasteiger partial charge in [0.2, 0.25) is 0 Å². The molecule has 3 aromatic rings. The molecule has 0 saturated carbocycles. The Kier molecular flexibility index (Phi) is 5.94. The van der Waals surface area contributed by atoms with Crippen LogP contribution in [0.2, 0.25) is 10.0 Å². The lowest BCUT2D eigenvalue weighted by Crippen LogP contribution is -2.45. The number of rotatable bonds is 3. The van der Waals surface area contributed by atoms with Crippen LogP contribution >= 0.6 is 23.2 Å². The third-order valence-electron chi connectivity index (χ3n) is 6.98. The van der Waals surface area contributed by atoms with Crippen LogP contribution in [0.4, 0.5) is 10.1 Å². The second kappa shape index (κ2) is 8.75. The molecule has 0 unspecified atom stereocenters. The van der Waals surface area contributed by atoms with E-state index in [1.54, 1.807) is 35.2 Å². The molecule has 1 fully saturated rings. The summed E-state index contributed by atoms with van der Waals surface area (Å²) in [5.74, 6) is -0.429. The van der Waals surface area contributed by atoms with E-state index in [4.69, 9.17) is 23.2 Å². The average molecular weight is 483 g/mol. The zero-order valence-corrected chi connectivity index (χ0v) is 20.0. The number of halogens is 3. The van der Waals surface area contributed by atoms with E-state index < -0.39 is 0 Å². The quantitative estimate of drug-likeness (QED) is 0.417. The van der Waals surface area contributed by atoms with E-state index >= 15 is 0 Å². The van der Waals surface area contributed by atoms with E-state index in [1.807, 2.05) is 0 Å². The minimum Gasteiger partial charge on any atom is -0.307 e. The molecule has 6 heteroatoms. The summed E-state index contributed by atoms with van der Waals surface area (Å²) in [5.41, 5.74) is 4.45. The highest BCUT2D eigenvalue weighted by Crippen LogP contribution is 2.48. The van der Waals surface area contributed by atoms with Gasteiger partial charge < -0.3 is 4.90 Å². The molecule has 2 aliphatic heterocycles. The normalized spacial score (nSPS) is 17.4. The van der Waals surface area contributed by atoms with Crippen LogP contribution in [-0.4, -0.2) is 30.4 Å². The van der Waals surface area contributed by atoms with Gasteiger partial charge >= 0.3 is 0 Å². The van der Waals surface area contributed by atoms with Gasteiger partial charge in [-0.15, -0.1) is 0 Å². The zero-order chi connectivity index (χ0) is 23.2. The van der Waals surface area contributed by atoms with Crippen molar-refractivity contribution < 1.29 is 9.18 Å². The van der Waals surface area contributed by atoms with Crippen molar-refractivity contribution in [2.24, 2.45) is 0 Å². The monoisotopic (exact) mass is 482 g/mol. The third kappa shape index (κ3) is 4.40. The van der Waals surface area contributed by atoms with E-state index in [0.717, 1.165) is 43.7 Å². The molecule has 0 atom stereocenters. The van der Waals surface area contributed by atoms with Crippen LogP contribution in [0.25, 0.3) is 0 Å². The molecule has 1 saturated heterocycles. The minimum absolute atomic E-state index is 0.161. The van der Waals surface area contributed by atoms with Crippen LogP contribution in [0.15, 0.2) is 60.7 Å². The van der Waals surface area contributed by atoms with Gasteiger partial charge in [-0.2, -0.15) is 0 Å². The van der Waals surface area contributed by atoms with Gasteiger partial charge in [0.1, 0.15) is 5.82 Å². The van der Waals surface area contributed by atoms with Crippen LogP contribution in [-0.2, 0) is 12.0 Å². The molecule has 3 aromatic carbocycles. The lowest BCUT2D eigenvalue weighted by Gasteiger charge is -2.40. The van der Waals surface area contributed by atoms with Gasteiger partial charge in [0.05, 0.1) is 0 Å². The van der Waals surface area contributed by atoms with Gasteiger partial charge in [0, 0.05) is 39.8 Å². The van der Waals surface area contributed by atoms with Gasteiger partial charge in [0.25, 0.3) is 5.91 Å². The van der Waals surface area contributed by atoms with E-state index in [1.165, 1.54) is 17.2 Å². The maximum Gasteiger partial charge on any atom is 0.258 e. The van der Waals surface area contributed by atoms with Crippen LogP contribution in [0.3, 0.4) is 0 Å². The number of likely N-dealkylation sites (tertiary alicyclic amines) is 1. The summed E-state index contributed by atoms with van der Waals surface area (Å²) in [6.45, 7) is 5.32. The number of fused-ring (bicyclic) bond motifs is 2. The van der Waals surface area contributed by atoms with Crippen molar-refractivity contribution in [2.75, 3.05) is 24.5 Å². The number of carbonyl (C=O) groups excluding carboxylic acids is 1. The van der Waals surface area contributed by atoms with E-state index in [9.17, 15) is 9.18 Å². The number of amides is 1. The summed E-state index contributed by atoms with van der Waals surface area (Å²) in [5, 5.41) is 0.840. The Morgan fingerprint density at radius 2 is 1.64 bits per heavy atom. The van der Waals surface area contributed by atoms with E-state index in [-0.39, 0.29) is 17.1 Å². The summed E-state index contributed by atoms with van der Waals surface area (Å²) in [7, 11) is 0. The summed E-state index contributed by atoms with van der Waals surface area (Å²) >= 11 is 12.3. The van der Waals surface area contributed by atoms with Crippen molar-refractivity contribution in [1.82, 2.24) is 4.90 Å². The highest BCUT2D eigenvalue weighted by atomic mass is 35.5. The summed E-state index contributed by atoms with van der Waals surface area (Å²) < 4.78 is 14.3. The SMILES string of the molecule is Cc1ccc(CN2CCC3(CC2)CN(C(=O)c2cc(Cl)cc(Cl)c2)c2ccc(F)cc23)cc1. The summed E-state index contributed by atoms with van der Waals surface area (Å²) in [6, 6.07) is 18.3. The molecule has 1 spiro atoms. The number of carbonyl (C=O) groups is 1. The molecule has 1 amide bonds. The standard InChI is InChI=1S/C27H25Cl2FN2O/c1-18-2-4-19(5-3-18)16-31-10-8-27(9-11-31)17-32(25-7-6-23(30)15-24(25)27)26(33)20-12-21(28)14-22(29)13-20/h2-7,12-15H,8-11,16-17H2,1H3. The van der Waals surface area contributed by atoms with Crippen molar-refractivity contribution in [3.05, 3.63) is 98.8 Å². The molecule has 33 heavy (non-hydrogen) atoms. The first-order valence-corrected chi connectivity index (χ1v) is 11.9. The van der Waals surface area contributed by atoms with Crippen LogP contribution in [0, 0.1) is 12.7 Å².